The minimum atomic E-state index is -0.556. The van der Waals surface area contributed by atoms with E-state index < -0.39 is 17.0 Å². The fraction of sp³-hybridized carbons (Fsp3) is 0.235. The molecule has 2 aromatic carbocycles. The van der Waals surface area contributed by atoms with Crippen molar-refractivity contribution < 1.29 is 22.1 Å². The van der Waals surface area contributed by atoms with E-state index in [1.54, 1.807) is 6.21 Å². The number of aromatic hydroxyl groups is 1. The summed E-state index contributed by atoms with van der Waals surface area (Å²) in [5.41, 5.74) is 2.48. The molecule has 0 amide bonds. The quantitative estimate of drug-likeness (QED) is 0.523. The van der Waals surface area contributed by atoms with Crippen LogP contribution >= 0.6 is 18.6 Å². The van der Waals surface area contributed by atoms with Crippen molar-refractivity contribution in [2.45, 2.75) is 26.2 Å². The molecule has 0 bridgehead atoms. The molecule has 0 aliphatic rings. The molecule has 0 unspecified atom stereocenters. The molecule has 0 aliphatic heterocycles. The molecular weight excluding hydrogens is 353 g/mol. The van der Waals surface area contributed by atoms with Crippen LogP contribution in [0, 0.1) is 0 Å². The maximum atomic E-state index is 10.3. The first-order valence-corrected chi connectivity index (χ1v) is 11.1. The molecule has 0 saturated heterocycles. The Kier molecular flexibility index (Phi) is 8.20. The van der Waals surface area contributed by atoms with E-state index in [0.29, 0.717) is 5.75 Å². The molecule has 0 atom stereocenters. The average Bonchev–Trinajstić information content (AvgIpc) is 2.47. The van der Waals surface area contributed by atoms with Crippen molar-refractivity contribution in [2.75, 3.05) is 0 Å². The van der Waals surface area contributed by atoms with Crippen LogP contribution in [0.1, 0.15) is 31.9 Å². The summed E-state index contributed by atoms with van der Waals surface area (Å²) in [5, 5.41) is 10.3. The van der Waals surface area contributed by atoms with Crippen LogP contribution in [-0.4, -0.2) is 11.3 Å². The summed E-state index contributed by atoms with van der Waals surface area (Å²) in [4.78, 5) is 4.38. The van der Waals surface area contributed by atoms with E-state index >= 15 is 0 Å². The zero-order valence-corrected chi connectivity index (χ0v) is 15.9. The van der Waals surface area contributed by atoms with Crippen LogP contribution in [0.25, 0.3) is 0 Å². The Bertz CT molecular complexity index is 610. The maximum absolute atomic E-state index is 10.3. The van der Waals surface area contributed by atoms with Crippen molar-refractivity contribution in [3.05, 3.63) is 59.7 Å². The van der Waals surface area contributed by atoms with Gasteiger partial charge in [-0.1, -0.05) is 51.1 Å². The van der Waals surface area contributed by atoms with Gasteiger partial charge in [0.15, 0.2) is 0 Å². The predicted octanol–water partition coefficient (Wildman–Crippen LogP) is 5.82. The molecule has 116 valence electrons. The van der Waals surface area contributed by atoms with Gasteiger partial charge in [0.05, 0.1) is 5.69 Å². The van der Waals surface area contributed by atoms with Crippen LogP contribution in [0.4, 0.5) is 5.69 Å². The number of benzene rings is 2. The molecule has 2 aromatic rings. The predicted molar refractivity (Wildman–Crippen MR) is 92.2 cm³/mol. The van der Waals surface area contributed by atoms with E-state index in [-0.39, 0.29) is 5.41 Å². The Morgan fingerprint density at radius 3 is 2.14 bits per heavy atom. The molecule has 0 heterocycles. The van der Waals surface area contributed by atoms with Gasteiger partial charge in [-0.2, -0.15) is 0 Å². The van der Waals surface area contributed by atoms with Gasteiger partial charge in [-0.05, 0) is 29.2 Å². The van der Waals surface area contributed by atoms with Gasteiger partial charge in [-0.3, -0.25) is 4.99 Å². The summed E-state index contributed by atoms with van der Waals surface area (Å²) in [6.07, 6.45) is 1.71. The molecule has 1 N–H and O–H groups in total. The minimum absolute atomic E-state index is 0.0827. The van der Waals surface area contributed by atoms with Crippen LogP contribution < -0.4 is 0 Å². The summed E-state index contributed by atoms with van der Waals surface area (Å²) < 4.78 is 0. The van der Waals surface area contributed by atoms with E-state index in [2.05, 4.69) is 25.8 Å². The first-order chi connectivity index (χ1) is 10.4. The third-order valence-electron chi connectivity index (χ3n) is 2.98. The molecule has 2 nitrogen and oxygen atoms in total. The molecule has 0 aromatic heterocycles. The van der Waals surface area contributed by atoms with E-state index in [1.807, 2.05) is 48.5 Å². The number of rotatable bonds is 2. The zero-order chi connectivity index (χ0) is 16.6. The molecule has 0 fully saturated rings. The summed E-state index contributed by atoms with van der Waals surface area (Å²) in [5.74, 6) is 0.315. The van der Waals surface area contributed by atoms with Crippen molar-refractivity contribution in [1.29, 1.82) is 0 Å². The number of hydrogen-bond acceptors (Lipinski definition) is 2. The number of aliphatic imine (C=N–C) groups is 1. The van der Waals surface area contributed by atoms with Gasteiger partial charge in [0.1, 0.15) is 5.75 Å². The number of hydrogen-bond donors (Lipinski definition) is 1. The van der Waals surface area contributed by atoms with E-state index in [1.165, 1.54) is 0 Å². The Balaban J connectivity index is 0.000000745. The van der Waals surface area contributed by atoms with Crippen LogP contribution in [0.15, 0.2) is 53.5 Å². The van der Waals surface area contributed by atoms with Gasteiger partial charge in [0, 0.05) is 11.8 Å². The van der Waals surface area contributed by atoms with Gasteiger partial charge in [-0.15, -0.1) is 0 Å². The van der Waals surface area contributed by atoms with Crippen LogP contribution in [-0.2, 0) is 22.4 Å². The van der Waals surface area contributed by atoms with Crippen molar-refractivity contribution in [3.8, 4) is 5.75 Å². The van der Waals surface area contributed by atoms with Gasteiger partial charge in [-0.25, -0.2) is 0 Å². The number of nitrogens with zero attached hydrogens (tertiary/aromatic N) is 1. The Morgan fingerprint density at radius 1 is 1.00 bits per heavy atom. The van der Waals surface area contributed by atoms with Crippen LogP contribution in [0.3, 0.4) is 0 Å². The third-order valence-corrected chi connectivity index (χ3v) is 2.98. The standard InChI is InChI=1S/C17H19NO.2ClH.Ti/c1-17(2,3)15-11-7-8-13(16(15)19)12-18-14-9-5-4-6-10-14;;;/h4-12,19H,1-3H3;2*1H;/q;;;+2/p-2. The molecule has 2 rings (SSSR count). The van der Waals surface area contributed by atoms with Crippen molar-refractivity contribution >= 4 is 30.5 Å². The molecule has 5 heteroatoms. The van der Waals surface area contributed by atoms with Gasteiger partial charge < -0.3 is 5.11 Å². The van der Waals surface area contributed by atoms with Gasteiger partial charge >= 0.3 is 35.6 Å². The summed E-state index contributed by atoms with van der Waals surface area (Å²) in [6.45, 7) is 6.25. The summed E-state index contributed by atoms with van der Waals surface area (Å²) in [6, 6.07) is 15.5. The number of para-hydroxylation sites is 2. The molecule has 22 heavy (non-hydrogen) atoms. The molecule has 0 spiro atoms. The number of phenolic OH excluding ortho intramolecular Hbond substituents is 1. The SMILES string of the molecule is CC(C)(C)c1cccc(C=Nc2ccccc2)c1O.[Cl][Ti][Cl]. The Labute approximate surface area is 148 Å². The topological polar surface area (TPSA) is 32.6 Å². The van der Waals surface area contributed by atoms with Gasteiger partial charge in [0.2, 0.25) is 0 Å². The van der Waals surface area contributed by atoms with E-state index in [9.17, 15) is 5.11 Å². The van der Waals surface area contributed by atoms with Crippen LogP contribution in [0.5, 0.6) is 5.75 Å². The average molecular weight is 372 g/mol. The molecular formula is C17H19Cl2NOTi. The number of phenols is 1. The van der Waals surface area contributed by atoms with Crippen LogP contribution in [0.2, 0.25) is 0 Å². The van der Waals surface area contributed by atoms with Crippen molar-refractivity contribution in [2.24, 2.45) is 4.99 Å². The second-order valence-corrected chi connectivity index (χ2v) is 8.24. The Hall–Kier alpha value is -0.796. The molecule has 0 radical (unpaired) electrons. The van der Waals surface area contributed by atoms with Crippen molar-refractivity contribution in [3.63, 3.8) is 0 Å². The second kappa shape index (κ2) is 9.37. The first kappa shape index (κ1) is 19.3. The monoisotopic (exact) mass is 371 g/mol. The molecule has 0 saturated carbocycles. The normalized spacial score (nSPS) is 11.0. The Morgan fingerprint density at radius 2 is 1.59 bits per heavy atom. The van der Waals surface area contributed by atoms with E-state index in [0.717, 1.165) is 16.8 Å². The fourth-order valence-corrected chi connectivity index (χ4v) is 1.93. The summed E-state index contributed by atoms with van der Waals surface area (Å²) in [7, 11) is 9.78. The second-order valence-electron chi connectivity index (χ2n) is 5.66. The van der Waals surface area contributed by atoms with Gasteiger partial charge in [0.25, 0.3) is 0 Å². The summed E-state index contributed by atoms with van der Waals surface area (Å²) >= 11 is -0.556. The third kappa shape index (κ3) is 6.14. The number of halogens is 2. The van der Waals surface area contributed by atoms with Crippen molar-refractivity contribution in [1.82, 2.24) is 0 Å². The fourth-order valence-electron chi connectivity index (χ4n) is 1.93. The molecule has 0 aliphatic carbocycles. The zero-order valence-electron chi connectivity index (χ0n) is 12.8. The van der Waals surface area contributed by atoms with E-state index in [4.69, 9.17) is 18.6 Å². The first-order valence-electron chi connectivity index (χ1n) is 6.78.